The third-order valence-electron chi connectivity index (χ3n) is 3.20. The molecule has 0 heterocycles. The highest BCUT2D eigenvalue weighted by atomic mass is 35.5. The van der Waals surface area contributed by atoms with Gasteiger partial charge in [0.25, 0.3) is 0 Å². The number of nitrogens with two attached hydrogens (primary N) is 1. The first-order valence-electron chi connectivity index (χ1n) is 7.51. The predicted molar refractivity (Wildman–Crippen MR) is 94.6 cm³/mol. The first-order valence-corrected chi connectivity index (χ1v) is 7.51. The number of halogens is 1. The third-order valence-corrected chi connectivity index (χ3v) is 3.20. The number of carbonyl (C=O) groups excluding carboxylic acids is 2. The van der Waals surface area contributed by atoms with Crippen molar-refractivity contribution in [3.63, 3.8) is 0 Å². The molecule has 0 aliphatic heterocycles. The largest absolute Gasteiger partial charge is 0.497 e. The van der Waals surface area contributed by atoms with Crippen LogP contribution in [0.4, 0.5) is 0 Å². The molecule has 0 saturated heterocycles. The van der Waals surface area contributed by atoms with Crippen molar-refractivity contribution < 1.29 is 19.1 Å². The van der Waals surface area contributed by atoms with Crippen molar-refractivity contribution in [1.82, 2.24) is 10.6 Å². The number of hydrogen-bond donors (Lipinski definition) is 3. The molecule has 2 amide bonds. The van der Waals surface area contributed by atoms with Crippen molar-refractivity contribution in [1.29, 1.82) is 0 Å². The Bertz CT molecular complexity index is 509. The van der Waals surface area contributed by atoms with Crippen LogP contribution in [0.3, 0.4) is 0 Å². The highest BCUT2D eigenvalue weighted by molar-refractivity contribution is 5.87. The van der Waals surface area contributed by atoms with Gasteiger partial charge in [-0.15, -0.1) is 12.4 Å². The van der Waals surface area contributed by atoms with E-state index >= 15 is 0 Å². The molecule has 1 atom stereocenters. The van der Waals surface area contributed by atoms with Crippen LogP contribution in [0.25, 0.3) is 0 Å². The van der Waals surface area contributed by atoms with E-state index in [9.17, 15) is 9.59 Å². The number of amides is 2. The van der Waals surface area contributed by atoms with Gasteiger partial charge in [-0.1, -0.05) is 13.8 Å². The third kappa shape index (κ3) is 8.03. The van der Waals surface area contributed by atoms with Crippen molar-refractivity contribution in [3.8, 4) is 11.5 Å². The van der Waals surface area contributed by atoms with E-state index in [-0.39, 0.29) is 36.7 Å². The van der Waals surface area contributed by atoms with Gasteiger partial charge in [0.2, 0.25) is 11.8 Å². The van der Waals surface area contributed by atoms with Crippen LogP contribution in [0, 0.1) is 5.92 Å². The van der Waals surface area contributed by atoms with Gasteiger partial charge in [0.1, 0.15) is 18.1 Å². The molecule has 0 unspecified atom stereocenters. The molecule has 1 aromatic carbocycles. The van der Waals surface area contributed by atoms with Crippen molar-refractivity contribution in [2.24, 2.45) is 11.7 Å². The maximum absolute atomic E-state index is 11.6. The molecule has 0 aromatic heterocycles. The molecule has 0 fully saturated rings. The van der Waals surface area contributed by atoms with Crippen LogP contribution >= 0.6 is 12.4 Å². The zero-order chi connectivity index (χ0) is 17.2. The van der Waals surface area contributed by atoms with Gasteiger partial charge in [-0.05, 0) is 30.2 Å². The minimum Gasteiger partial charge on any atom is -0.497 e. The number of ether oxygens (including phenoxy) is 2. The number of carbonyl (C=O) groups is 2. The van der Waals surface area contributed by atoms with Crippen molar-refractivity contribution in [2.45, 2.75) is 19.9 Å². The Morgan fingerprint density at radius 2 is 1.71 bits per heavy atom. The highest BCUT2D eigenvalue weighted by Gasteiger charge is 2.17. The Balaban J connectivity index is 0.00000529. The lowest BCUT2D eigenvalue weighted by molar-refractivity contribution is -0.127. The van der Waals surface area contributed by atoms with Crippen LogP contribution in [-0.4, -0.2) is 44.7 Å². The molecule has 0 bridgehead atoms. The monoisotopic (exact) mass is 359 g/mol. The summed E-state index contributed by atoms with van der Waals surface area (Å²) >= 11 is 0. The second-order valence-electron chi connectivity index (χ2n) is 5.36. The zero-order valence-corrected chi connectivity index (χ0v) is 15.0. The molecule has 0 spiro atoms. The molecular formula is C16H26ClN3O4. The maximum Gasteiger partial charge on any atom is 0.239 e. The molecule has 4 N–H and O–H groups in total. The van der Waals surface area contributed by atoms with Crippen LogP contribution in [0.2, 0.25) is 0 Å². The normalized spacial score (nSPS) is 11.2. The number of hydrogen-bond acceptors (Lipinski definition) is 5. The lowest BCUT2D eigenvalue weighted by Gasteiger charge is -2.15. The summed E-state index contributed by atoms with van der Waals surface area (Å²) in [6.07, 6.45) is 0. The highest BCUT2D eigenvalue weighted by Crippen LogP contribution is 2.16. The Morgan fingerprint density at radius 1 is 1.12 bits per heavy atom. The van der Waals surface area contributed by atoms with E-state index in [1.165, 1.54) is 0 Å². The average Bonchev–Trinajstić information content (AvgIpc) is 2.56. The molecule has 136 valence electrons. The van der Waals surface area contributed by atoms with Crippen LogP contribution in [0.5, 0.6) is 11.5 Å². The minimum atomic E-state index is -0.610. The lowest BCUT2D eigenvalue weighted by atomic mass is 10.1. The van der Waals surface area contributed by atoms with Crippen molar-refractivity contribution in [3.05, 3.63) is 24.3 Å². The summed E-state index contributed by atoms with van der Waals surface area (Å²) in [7, 11) is 1.60. The number of methoxy groups -OCH3 is 1. The van der Waals surface area contributed by atoms with E-state index in [2.05, 4.69) is 10.6 Å². The van der Waals surface area contributed by atoms with Gasteiger partial charge in [0.15, 0.2) is 0 Å². The summed E-state index contributed by atoms with van der Waals surface area (Å²) in [5.41, 5.74) is 5.68. The standard InChI is InChI=1S/C16H25N3O4.ClH/c1-11(2)15(17)16(21)19-10-14(20)18-8-9-23-13-6-4-12(22-3)5-7-13;/h4-7,11,15H,8-10,17H2,1-3H3,(H,18,20)(H,19,21);1H/t15-;/m0./s1. The van der Waals surface area contributed by atoms with Crippen molar-refractivity contribution in [2.75, 3.05) is 26.8 Å². The van der Waals surface area contributed by atoms with Crippen LogP contribution < -0.4 is 25.8 Å². The van der Waals surface area contributed by atoms with E-state index < -0.39 is 6.04 Å². The quantitative estimate of drug-likeness (QED) is 0.563. The van der Waals surface area contributed by atoms with E-state index in [1.807, 2.05) is 13.8 Å². The van der Waals surface area contributed by atoms with Gasteiger partial charge in [0, 0.05) is 0 Å². The summed E-state index contributed by atoms with van der Waals surface area (Å²) < 4.78 is 10.5. The van der Waals surface area contributed by atoms with Gasteiger partial charge < -0.3 is 25.8 Å². The Kier molecular flexibility index (Phi) is 10.6. The van der Waals surface area contributed by atoms with Crippen molar-refractivity contribution >= 4 is 24.2 Å². The average molecular weight is 360 g/mol. The summed E-state index contributed by atoms with van der Waals surface area (Å²) in [5.74, 6) is 0.852. The SMILES string of the molecule is COc1ccc(OCCNC(=O)CNC(=O)[C@@H](N)C(C)C)cc1.Cl. The van der Waals surface area contributed by atoms with Crippen LogP contribution in [0.1, 0.15) is 13.8 Å². The van der Waals surface area contributed by atoms with Gasteiger partial charge in [-0.3, -0.25) is 9.59 Å². The van der Waals surface area contributed by atoms with E-state index in [1.54, 1.807) is 31.4 Å². The van der Waals surface area contributed by atoms with Gasteiger partial charge in [0.05, 0.1) is 26.2 Å². The minimum absolute atomic E-state index is 0. The molecule has 1 aromatic rings. The molecule has 7 nitrogen and oxygen atoms in total. The number of nitrogens with one attached hydrogen (secondary N) is 2. The fourth-order valence-corrected chi connectivity index (χ4v) is 1.68. The fourth-order valence-electron chi connectivity index (χ4n) is 1.68. The van der Waals surface area contributed by atoms with Crippen LogP contribution in [0.15, 0.2) is 24.3 Å². The Hall–Kier alpha value is -1.99. The first kappa shape index (κ1) is 22.0. The second kappa shape index (κ2) is 11.5. The molecule has 8 heteroatoms. The Labute approximate surface area is 148 Å². The second-order valence-corrected chi connectivity index (χ2v) is 5.36. The first-order chi connectivity index (χ1) is 10.9. The number of rotatable bonds is 9. The Morgan fingerprint density at radius 3 is 2.25 bits per heavy atom. The number of benzene rings is 1. The smallest absolute Gasteiger partial charge is 0.239 e. The van der Waals surface area contributed by atoms with E-state index in [0.717, 1.165) is 5.75 Å². The topological polar surface area (TPSA) is 103 Å². The van der Waals surface area contributed by atoms with Gasteiger partial charge in [-0.2, -0.15) is 0 Å². The molecule has 0 radical (unpaired) electrons. The molecule has 1 rings (SSSR count). The molecule has 0 aliphatic rings. The van der Waals surface area contributed by atoms with E-state index in [0.29, 0.717) is 18.9 Å². The predicted octanol–water partition coefficient (Wildman–Crippen LogP) is 0.712. The van der Waals surface area contributed by atoms with Crippen LogP contribution in [-0.2, 0) is 9.59 Å². The van der Waals surface area contributed by atoms with E-state index in [4.69, 9.17) is 15.2 Å². The summed E-state index contributed by atoms with van der Waals surface area (Å²) in [4.78, 5) is 23.2. The van der Waals surface area contributed by atoms with Gasteiger partial charge >= 0.3 is 0 Å². The molecular weight excluding hydrogens is 334 g/mol. The summed E-state index contributed by atoms with van der Waals surface area (Å²) in [5, 5.41) is 5.16. The lowest BCUT2D eigenvalue weighted by Crippen LogP contribution is -2.47. The fraction of sp³-hybridized carbons (Fsp3) is 0.500. The zero-order valence-electron chi connectivity index (χ0n) is 14.2. The molecule has 0 aliphatic carbocycles. The molecule has 24 heavy (non-hydrogen) atoms. The van der Waals surface area contributed by atoms with Gasteiger partial charge in [-0.25, -0.2) is 0 Å². The summed E-state index contributed by atoms with van der Waals surface area (Å²) in [6.45, 7) is 4.28. The summed E-state index contributed by atoms with van der Waals surface area (Å²) in [6, 6.07) is 6.55. The molecule has 0 saturated carbocycles. The maximum atomic E-state index is 11.6.